The lowest BCUT2D eigenvalue weighted by molar-refractivity contribution is 0.621. The van der Waals surface area contributed by atoms with Gasteiger partial charge in [-0.15, -0.1) is 0 Å². The molecule has 0 amide bonds. The summed E-state index contributed by atoms with van der Waals surface area (Å²) in [6.07, 6.45) is 3.11. The highest BCUT2D eigenvalue weighted by atomic mass is 15.2. The van der Waals surface area contributed by atoms with Crippen LogP contribution in [0.5, 0.6) is 0 Å². The monoisotopic (exact) mass is 1240 g/mol. The number of anilines is 9. The van der Waals surface area contributed by atoms with Gasteiger partial charge in [0.15, 0.2) is 0 Å². The fourth-order valence-corrected chi connectivity index (χ4v) is 13.4. The van der Waals surface area contributed by atoms with Crippen LogP contribution in [0, 0.1) is 0 Å². The molecule has 0 aliphatic carbocycles. The van der Waals surface area contributed by atoms with E-state index in [0.717, 1.165) is 87.1 Å². The van der Waals surface area contributed by atoms with Crippen molar-refractivity contribution in [3.05, 3.63) is 417 Å². The molecular formula is C94H73N3. The van der Waals surface area contributed by atoms with Crippen molar-refractivity contribution in [3.63, 3.8) is 0 Å². The molecule has 15 aromatic carbocycles. The Morgan fingerprint density at radius 1 is 0.165 bits per heavy atom. The van der Waals surface area contributed by atoms with Gasteiger partial charge < -0.3 is 14.7 Å². The minimum Gasteiger partial charge on any atom is -0.311 e. The van der Waals surface area contributed by atoms with E-state index < -0.39 is 0 Å². The summed E-state index contributed by atoms with van der Waals surface area (Å²) in [7, 11) is 0. The van der Waals surface area contributed by atoms with Gasteiger partial charge >= 0.3 is 0 Å². The molecule has 1 unspecified atom stereocenters. The molecule has 0 aliphatic rings. The number of nitrogens with zero attached hydrogens (tertiary/aromatic N) is 3. The highest BCUT2D eigenvalue weighted by molar-refractivity contribution is 5.84. The normalized spacial score (nSPS) is 11.4. The molecule has 0 spiro atoms. The lowest BCUT2D eigenvalue weighted by Gasteiger charge is -2.26. The van der Waals surface area contributed by atoms with Crippen LogP contribution in [0.2, 0.25) is 0 Å². The highest BCUT2D eigenvalue weighted by Crippen LogP contribution is 2.42. The number of aryl methyl sites for hydroxylation is 1. The zero-order valence-electron chi connectivity index (χ0n) is 54.1. The molecule has 15 aromatic rings. The molecule has 0 radical (unpaired) electrons. The quantitative estimate of drug-likeness (QED) is 0.0710. The zero-order valence-corrected chi connectivity index (χ0v) is 54.1. The summed E-state index contributed by atoms with van der Waals surface area (Å²) in [5.41, 5.74) is 28.3. The molecule has 0 bridgehead atoms. The lowest BCUT2D eigenvalue weighted by Crippen LogP contribution is -2.10. The average Bonchev–Trinajstić information content (AvgIpc) is 1.39. The van der Waals surface area contributed by atoms with Crippen LogP contribution in [0.3, 0.4) is 0 Å². The predicted molar refractivity (Wildman–Crippen MR) is 411 cm³/mol. The second-order valence-corrected chi connectivity index (χ2v) is 24.8. The number of benzene rings is 15. The summed E-state index contributed by atoms with van der Waals surface area (Å²) in [4.78, 5) is 6.98. The smallest absolute Gasteiger partial charge is 0.0462 e. The van der Waals surface area contributed by atoms with Crippen molar-refractivity contribution in [1.29, 1.82) is 0 Å². The Bertz CT molecular complexity index is 4940. The SMILES string of the molecule is c1ccc(CCC(Cc2ccc(-c3ccc(N(c4ccccc4)c4ccc(-c5ccc(-c6ccc(N(c7ccccc7)c7ccc(-c8ccc(N(c9ccccc9)c9ccc(-c%10ccccc%10)cc9)cc8)cc7)cc6)cc5)cc4)cc3)cc2)c2ccc(-c3ccccc3)cc2)cc1. The first kappa shape index (κ1) is 60.9. The first-order chi connectivity index (χ1) is 48.1. The summed E-state index contributed by atoms with van der Waals surface area (Å²) < 4.78 is 0. The van der Waals surface area contributed by atoms with Gasteiger partial charge in [-0.05, 0) is 218 Å². The van der Waals surface area contributed by atoms with Gasteiger partial charge in [-0.3, -0.25) is 0 Å². The molecule has 0 saturated heterocycles. The topological polar surface area (TPSA) is 9.72 Å². The maximum Gasteiger partial charge on any atom is 0.0462 e. The fraction of sp³-hybridized carbons (Fsp3) is 0.0426. The van der Waals surface area contributed by atoms with E-state index in [1.807, 2.05) is 0 Å². The minimum absolute atomic E-state index is 0.397. The summed E-state index contributed by atoms with van der Waals surface area (Å²) >= 11 is 0. The highest BCUT2D eigenvalue weighted by Gasteiger charge is 2.19. The predicted octanol–water partition coefficient (Wildman–Crippen LogP) is 26.1. The van der Waals surface area contributed by atoms with Crippen molar-refractivity contribution in [2.24, 2.45) is 0 Å². The summed E-state index contributed by atoms with van der Waals surface area (Å²) in [6, 6.07) is 145. The Kier molecular flexibility index (Phi) is 18.2. The molecule has 15 rings (SSSR count). The number of para-hydroxylation sites is 3. The number of rotatable bonds is 21. The summed E-state index contributed by atoms with van der Waals surface area (Å²) in [5, 5.41) is 0. The van der Waals surface area contributed by atoms with Gasteiger partial charge in [0.25, 0.3) is 0 Å². The van der Waals surface area contributed by atoms with E-state index in [2.05, 4.69) is 415 Å². The van der Waals surface area contributed by atoms with E-state index >= 15 is 0 Å². The Labute approximate surface area is 571 Å². The van der Waals surface area contributed by atoms with Crippen LogP contribution >= 0.6 is 0 Å². The van der Waals surface area contributed by atoms with Crippen LogP contribution in [-0.2, 0) is 12.8 Å². The lowest BCUT2D eigenvalue weighted by atomic mass is 9.86. The maximum absolute atomic E-state index is 2.34. The van der Waals surface area contributed by atoms with E-state index in [9.17, 15) is 0 Å². The van der Waals surface area contributed by atoms with E-state index in [1.165, 1.54) is 66.8 Å². The van der Waals surface area contributed by atoms with Crippen molar-refractivity contribution in [2.75, 3.05) is 14.7 Å². The van der Waals surface area contributed by atoms with Gasteiger partial charge in [0.05, 0.1) is 0 Å². The third-order valence-electron chi connectivity index (χ3n) is 18.7. The van der Waals surface area contributed by atoms with Crippen molar-refractivity contribution in [2.45, 2.75) is 25.2 Å². The largest absolute Gasteiger partial charge is 0.311 e. The average molecular weight is 1240 g/mol. The third-order valence-corrected chi connectivity index (χ3v) is 18.7. The molecule has 0 fully saturated rings. The number of hydrogen-bond donors (Lipinski definition) is 0. The second kappa shape index (κ2) is 28.9. The van der Waals surface area contributed by atoms with Crippen LogP contribution in [0.4, 0.5) is 51.2 Å². The molecule has 0 aliphatic heterocycles. The number of hydrogen-bond acceptors (Lipinski definition) is 3. The molecule has 3 nitrogen and oxygen atoms in total. The van der Waals surface area contributed by atoms with E-state index in [0.29, 0.717) is 5.92 Å². The van der Waals surface area contributed by atoms with E-state index in [1.54, 1.807) is 0 Å². The molecule has 0 saturated carbocycles. The Balaban J connectivity index is 0.614. The van der Waals surface area contributed by atoms with Crippen LogP contribution < -0.4 is 14.7 Å². The Morgan fingerprint density at radius 3 is 0.629 bits per heavy atom. The fourth-order valence-electron chi connectivity index (χ4n) is 13.4. The van der Waals surface area contributed by atoms with Gasteiger partial charge in [-0.1, -0.05) is 291 Å². The van der Waals surface area contributed by atoms with Gasteiger partial charge in [-0.2, -0.15) is 0 Å². The van der Waals surface area contributed by atoms with E-state index in [4.69, 9.17) is 0 Å². The van der Waals surface area contributed by atoms with Gasteiger partial charge in [0.2, 0.25) is 0 Å². The van der Waals surface area contributed by atoms with Crippen LogP contribution in [0.1, 0.15) is 29.0 Å². The van der Waals surface area contributed by atoms with Crippen LogP contribution in [-0.4, -0.2) is 0 Å². The standard InChI is InChI=1S/C94H73N3/c1-7-19-70(20-8-1)31-36-85(84-43-41-75(42-44-84)72-21-9-2-10-22-72)69-71-32-34-74(35-33-71)79-47-59-90(60-48-79)96(87-27-15-5-16-28-87)91-61-49-80(50-62-91)76-37-39-77(40-38-76)81-51-63-92(64-52-81)97(88-29-17-6-18-30-88)94-67-55-83(56-68-94)82-53-65-93(66-54-82)95(86-25-13-4-14-26-86)89-57-45-78(46-58-89)73-23-11-3-12-24-73/h1-30,32-35,37-68,85H,31,36,69H2. The van der Waals surface area contributed by atoms with Crippen LogP contribution in [0.25, 0.3) is 66.8 Å². The van der Waals surface area contributed by atoms with Crippen molar-refractivity contribution < 1.29 is 0 Å². The molecule has 464 valence electrons. The third kappa shape index (κ3) is 14.2. The van der Waals surface area contributed by atoms with Gasteiger partial charge in [0.1, 0.15) is 0 Å². The van der Waals surface area contributed by atoms with Crippen LogP contribution in [0.15, 0.2) is 400 Å². The molecular weight excluding hydrogens is 1170 g/mol. The second-order valence-electron chi connectivity index (χ2n) is 24.8. The minimum atomic E-state index is 0.397. The molecule has 97 heavy (non-hydrogen) atoms. The first-order valence-electron chi connectivity index (χ1n) is 33.7. The maximum atomic E-state index is 2.34. The first-order valence-corrected chi connectivity index (χ1v) is 33.7. The Hall–Kier alpha value is -12.3. The van der Waals surface area contributed by atoms with Crippen molar-refractivity contribution >= 4 is 51.2 Å². The summed E-state index contributed by atoms with van der Waals surface area (Å²) in [5.74, 6) is 0.397. The molecule has 0 N–H and O–H groups in total. The molecule has 1 atom stereocenters. The van der Waals surface area contributed by atoms with Crippen molar-refractivity contribution in [3.8, 4) is 66.8 Å². The van der Waals surface area contributed by atoms with Gasteiger partial charge in [0, 0.05) is 51.2 Å². The van der Waals surface area contributed by atoms with Crippen molar-refractivity contribution in [1.82, 2.24) is 0 Å². The molecule has 0 aromatic heterocycles. The summed E-state index contributed by atoms with van der Waals surface area (Å²) in [6.45, 7) is 0. The van der Waals surface area contributed by atoms with E-state index in [-0.39, 0.29) is 0 Å². The molecule has 3 heteroatoms. The van der Waals surface area contributed by atoms with Gasteiger partial charge in [-0.25, -0.2) is 0 Å². The Morgan fingerprint density at radius 2 is 0.361 bits per heavy atom. The zero-order chi connectivity index (χ0) is 65.0. The molecule has 0 heterocycles.